The molecule has 0 fully saturated rings. The second-order valence-electron chi connectivity index (χ2n) is 4.92. The van der Waals surface area contributed by atoms with Gasteiger partial charge >= 0.3 is 0 Å². The molecule has 0 aliphatic carbocycles. The molecule has 2 N–H and O–H groups in total. The van der Waals surface area contributed by atoms with Crippen molar-refractivity contribution in [1.82, 2.24) is 9.97 Å². The Morgan fingerprint density at radius 2 is 1.91 bits per heavy atom. The average Bonchev–Trinajstić information content (AvgIpc) is 2.99. The van der Waals surface area contributed by atoms with Gasteiger partial charge in [-0.3, -0.25) is 4.72 Å². The number of anilines is 1. The third-order valence-electron chi connectivity index (χ3n) is 3.45. The van der Waals surface area contributed by atoms with E-state index in [2.05, 4.69) is 9.97 Å². The van der Waals surface area contributed by atoms with Gasteiger partial charge < -0.3 is 4.98 Å². The molecular weight excluding hydrogens is 324 g/mol. The minimum Gasteiger partial charge on any atom is -0.346 e. The fraction of sp³-hybridized carbons (Fsp3) is 0.133. The van der Waals surface area contributed by atoms with Crippen LogP contribution in [-0.4, -0.2) is 24.1 Å². The Balaban J connectivity index is 2.12. The van der Waals surface area contributed by atoms with E-state index in [1.54, 1.807) is 18.3 Å². The Hall–Kier alpha value is -2.48. The number of nitrogens with one attached hydrogen (secondary N) is 2. The lowest BCUT2D eigenvalue weighted by molar-refractivity contribution is 0.584. The summed E-state index contributed by atoms with van der Waals surface area (Å²) in [7, 11) is -3.77. The molecule has 0 saturated heterocycles. The van der Waals surface area contributed by atoms with Crippen LogP contribution in [0.15, 0.2) is 36.7 Å². The molecule has 0 aliphatic heterocycles. The van der Waals surface area contributed by atoms with E-state index in [-0.39, 0.29) is 5.75 Å². The fourth-order valence-electron chi connectivity index (χ4n) is 2.27. The maximum absolute atomic E-state index is 14.2. The smallest absolute Gasteiger partial charge is 0.232 e. The van der Waals surface area contributed by atoms with Gasteiger partial charge in [-0.25, -0.2) is 22.2 Å². The average molecular weight is 337 g/mol. The highest BCUT2D eigenvalue weighted by Crippen LogP contribution is 2.31. The highest BCUT2D eigenvalue weighted by Gasteiger charge is 2.18. The van der Waals surface area contributed by atoms with Gasteiger partial charge in [-0.2, -0.15) is 0 Å². The van der Waals surface area contributed by atoms with E-state index >= 15 is 0 Å². The van der Waals surface area contributed by atoms with Gasteiger partial charge in [0, 0.05) is 17.8 Å². The van der Waals surface area contributed by atoms with Gasteiger partial charge in [-0.05, 0) is 42.3 Å². The predicted octanol–water partition coefficient (Wildman–Crippen LogP) is 3.27. The van der Waals surface area contributed by atoms with Crippen LogP contribution in [0.3, 0.4) is 0 Å². The number of benzene rings is 1. The fourth-order valence-corrected chi connectivity index (χ4v) is 2.92. The molecule has 0 aliphatic rings. The number of sulfonamides is 1. The second kappa shape index (κ2) is 5.62. The molecule has 2 heterocycles. The minimum absolute atomic E-state index is 0.276. The lowest BCUT2D eigenvalue weighted by Gasteiger charge is -2.11. The maximum atomic E-state index is 14.2. The van der Waals surface area contributed by atoms with Crippen molar-refractivity contribution in [2.75, 3.05) is 10.5 Å². The molecule has 2 aromatic heterocycles. The zero-order chi connectivity index (χ0) is 16.6. The van der Waals surface area contributed by atoms with Crippen molar-refractivity contribution in [3.63, 3.8) is 0 Å². The number of nitrogens with zero attached hydrogens (tertiary/aromatic N) is 1. The number of fused-ring (bicyclic) bond motifs is 1. The zero-order valence-corrected chi connectivity index (χ0v) is 12.9. The first-order chi connectivity index (χ1) is 10.9. The van der Waals surface area contributed by atoms with Crippen LogP contribution in [0.25, 0.3) is 22.2 Å². The number of pyridine rings is 1. The monoisotopic (exact) mass is 337 g/mol. The van der Waals surface area contributed by atoms with Crippen LogP contribution in [0.4, 0.5) is 14.5 Å². The SMILES string of the molecule is CCS(=O)(=O)Nc1c(F)cc(-c2ccnc3[nH]ccc23)cc1F. The number of halogens is 2. The molecule has 8 heteroatoms. The van der Waals surface area contributed by atoms with Crippen LogP contribution in [0.1, 0.15) is 6.92 Å². The van der Waals surface area contributed by atoms with E-state index in [9.17, 15) is 17.2 Å². The first kappa shape index (κ1) is 15.4. The Kier molecular flexibility index (Phi) is 3.77. The van der Waals surface area contributed by atoms with Gasteiger partial charge in [0.25, 0.3) is 0 Å². The van der Waals surface area contributed by atoms with Crippen molar-refractivity contribution >= 4 is 26.7 Å². The number of rotatable bonds is 4. The quantitative estimate of drug-likeness (QED) is 0.767. The number of hydrogen-bond donors (Lipinski definition) is 2. The summed E-state index contributed by atoms with van der Waals surface area (Å²) in [5, 5.41) is 0.716. The summed E-state index contributed by atoms with van der Waals surface area (Å²) in [6.45, 7) is 1.38. The van der Waals surface area contributed by atoms with Crippen molar-refractivity contribution in [3.8, 4) is 11.1 Å². The van der Waals surface area contributed by atoms with Crippen molar-refractivity contribution < 1.29 is 17.2 Å². The minimum atomic E-state index is -3.77. The van der Waals surface area contributed by atoms with Crippen LogP contribution in [0.5, 0.6) is 0 Å². The maximum Gasteiger partial charge on any atom is 0.232 e. The van der Waals surface area contributed by atoms with E-state index in [0.717, 1.165) is 12.1 Å². The standard InChI is InChI=1S/C15H13F2N3O2S/c1-2-23(21,22)20-14-12(16)7-9(8-13(14)17)10-3-5-18-15-11(10)4-6-19-15/h3-8,20H,2H2,1H3,(H,18,19). The van der Waals surface area contributed by atoms with Gasteiger partial charge in [-0.15, -0.1) is 0 Å². The predicted molar refractivity (Wildman–Crippen MR) is 84.5 cm³/mol. The molecule has 0 spiro atoms. The summed E-state index contributed by atoms with van der Waals surface area (Å²) in [6.07, 6.45) is 3.20. The Bertz CT molecular complexity index is 960. The third-order valence-corrected chi connectivity index (χ3v) is 4.73. The largest absolute Gasteiger partial charge is 0.346 e. The summed E-state index contributed by atoms with van der Waals surface area (Å²) in [6, 6.07) is 5.58. The Morgan fingerprint density at radius 3 is 2.57 bits per heavy atom. The molecule has 3 aromatic rings. The van der Waals surface area contributed by atoms with Crippen molar-refractivity contribution in [2.45, 2.75) is 6.92 Å². The Labute approximate surface area is 131 Å². The molecule has 1 aromatic carbocycles. The van der Waals surface area contributed by atoms with Crippen LogP contribution in [-0.2, 0) is 10.0 Å². The first-order valence-electron chi connectivity index (χ1n) is 6.83. The van der Waals surface area contributed by atoms with Crippen LogP contribution < -0.4 is 4.72 Å². The summed E-state index contributed by atoms with van der Waals surface area (Å²) in [5.41, 5.74) is 0.819. The summed E-state index contributed by atoms with van der Waals surface area (Å²) in [4.78, 5) is 7.03. The first-order valence-corrected chi connectivity index (χ1v) is 8.48. The van der Waals surface area contributed by atoms with Crippen molar-refractivity contribution in [2.24, 2.45) is 0 Å². The molecule has 0 radical (unpaired) electrons. The normalized spacial score (nSPS) is 11.8. The van der Waals surface area contributed by atoms with Crippen molar-refractivity contribution in [1.29, 1.82) is 0 Å². The molecule has 0 atom stereocenters. The number of aromatic nitrogens is 2. The van der Waals surface area contributed by atoms with E-state index in [1.165, 1.54) is 13.1 Å². The van der Waals surface area contributed by atoms with Gasteiger partial charge in [0.2, 0.25) is 10.0 Å². The van der Waals surface area contributed by atoms with Gasteiger partial charge in [0.15, 0.2) is 11.6 Å². The van der Waals surface area contributed by atoms with Crippen LogP contribution in [0, 0.1) is 11.6 Å². The lowest BCUT2D eigenvalue weighted by Crippen LogP contribution is -2.16. The molecule has 0 saturated carbocycles. The van der Waals surface area contributed by atoms with Crippen molar-refractivity contribution in [3.05, 3.63) is 48.3 Å². The molecule has 0 bridgehead atoms. The van der Waals surface area contributed by atoms with E-state index in [4.69, 9.17) is 0 Å². The van der Waals surface area contributed by atoms with Gasteiger partial charge in [0.1, 0.15) is 11.3 Å². The number of H-pyrrole nitrogens is 1. The zero-order valence-electron chi connectivity index (χ0n) is 12.1. The Morgan fingerprint density at radius 1 is 1.22 bits per heavy atom. The molecule has 5 nitrogen and oxygen atoms in total. The van der Waals surface area contributed by atoms with E-state index in [1.807, 2.05) is 4.72 Å². The van der Waals surface area contributed by atoms with Crippen LogP contribution >= 0.6 is 0 Å². The molecule has 0 unspecified atom stereocenters. The molecule has 3 rings (SSSR count). The molecular formula is C15H13F2N3O2S. The highest BCUT2D eigenvalue weighted by molar-refractivity contribution is 7.92. The van der Waals surface area contributed by atoms with Crippen LogP contribution in [0.2, 0.25) is 0 Å². The van der Waals surface area contributed by atoms with Gasteiger partial charge in [0.05, 0.1) is 5.75 Å². The summed E-state index contributed by atoms with van der Waals surface area (Å²) >= 11 is 0. The summed E-state index contributed by atoms with van der Waals surface area (Å²) in [5.74, 6) is -2.22. The topological polar surface area (TPSA) is 74.8 Å². The lowest BCUT2D eigenvalue weighted by atomic mass is 10.0. The van der Waals surface area contributed by atoms with E-state index < -0.39 is 27.3 Å². The third kappa shape index (κ3) is 2.89. The number of hydrogen-bond acceptors (Lipinski definition) is 3. The van der Waals surface area contributed by atoms with Gasteiger partial charge in [-0.1, -0.05) is 0 Å². The molecule has 0 amide bonds. The molecule has 23 heavy (non-hydrogen) atoms. The second-order valence-corrected chi connectivity index (χ2v) is 6.93. The highest BCUT2D eigenvalue weighted by atomic mass is 32.2. The number of aromatic amines is 1. The van der Waals surface area contributed by atoms with E-state index in [0.29, 0.717) is 22.2 Å². The summed E-state index contributed by atoms with van der Waals surface area (Å²) < 4.78 is 53.3. The molecule has 120 valence electrons.